The molecule has 7 atom stereocenters. The molecule has 3 aliphatic rings. The van der Waals surface area contributed by atoms with Crippen molar-refractivity contribution in [1.82, 2.24) is 5.32 Å². The van der Waals surface area contributed by atoms with Crippen molar-refractivity contribution in [1.29, 1.82) is 0 Å². The molecular weight excluding hydrogens is 382 g/mol. The summed E-state index contributed by atoms with van der Waals surface area (Å²) >= 11 is -1.13. The fourth-order valence-electron chi connectivity index (χ4n) is 7.19. The van der Waals surface area contributed by atoms with Gasteiger partial charge in [0, 0.05) is 19.0 Å². The molecule has 3 unspecified atom stereocenters. The molecule has 0 radical (unpaired) electrons. The van der Waals surface area contributed by atoms with E-state index in [0.717, 1.165) is 6.42 Å². The van der Waals surface area contributed by atoms with Crippen molar-refractivity contribution in [3.63, 3.8) is 0 Å². The van der Waals surface area contributed by atoms with Gasteiger partial charge in [-0.2, -0.15) is 0 Å². The van der Waals surface area contributed by atoms with Crippen molar-refractivity contribution in [2.75, 3.05) is 13.3 Å². The third-order valence-corrected chi connectivity index (χ3v) is 10.3. The van der Waals surface area contributed by atoms with Crippen LogP contribution in [0.1, 0.15) is 66.7 Å². The maximum Gasteiger partial charge on any atom is 0.254 e. The predicted molar refractivity (Wildman–Crippen MR) is 120 cm³/mol. The maximum absolute atomic E-state index is 12.7. The smallest absolute Gasteiger partial charge is 0.254 e. The van der Waals surface area contributed by atoms with Crippen molar-refractivity contribution in [2.24, 2.45) is 34.0 Å². The minimum absolute atomic E-state index is 0.0330. The van der Waals surface area contributed by atoms with Crippen LogP contribution in [-0.2, 0) is 16.0 Å². The van der Waals surface area contributed by atoms with Crippen LogP contribution in [-0.4, -0.2) is 34.1 Å². The first-order valence-electron chi connectivity index (χ1n) is 11.1. The minimum Gasteiger partial charge on any atom is -0.616 e. The Balaban J connectivity index is 2.05. The number of carbonyl (C=O) groups excluding carboxylic acids is 1. The Morgan fingerprint density at radius 1 is 1.17 bits per heavy atom. The van der Waals surface area contributed by atoms with Crippen molar-refractivity contribution >= 4 is 17.1 Å². The van der Waals surface area contributed by atoms with Crippen LogP contribution in [0.3, 0.4) is 0 Å². The lowest BCUT2D eigenvalue weighted by Crippen LogP contribution is -2.57. The van der Waals surface area contributed by atoms with E-state index in [4.69, 9.17) is 0 Å². The summed E-state index contributed by atoms with van der Waals surface area (Å²) in [4.78, 5) is 12.4. The quantitative estimate of drug-likeness (QED) is 0.646. The molecule has 0 heterocycles. The van der Waals surface area contributed by atoms with E-state index in [1.54, 1.807) is 19.4 Å². The molecule has 4 nitrogen and oxygen atoms in total. The molecule has 0 spiro atoms. The molecule has 0 aromatic carbocycles. The summed E-state index contributed by atoms with van der Waals surface area (Å²) in [6, 6.07) is 0. The van der Waals surface area contributed by atoms with Crippen LogP contribution < -0.4 is 5.32 Å². The predicted octanol–water partition coefficient (Wildman–Crippen LogP) is 4.75. The Morgan fingerprint density at radius 2 is 1.83 bits per heavy atom. The Labute approximate surface area is 179 Å². The normalized spacial score (nSPS) is 42.9. The molecule has 29 heavy (non-hydrogen) atoms. The lowest BCUT2D eigenvalue weighted by atomic mass is 9.42. The minimum atomic E-state index is -1.13. The topological polar surface area (TPSA) is 72.4 Å². The number of likely N-dealkylation sites (N-methyl/N-ethyl adjacent to an activating group) is 1. The second kappa shape index (κ2) is 7.64. The molecule has 164 valence electrons. The van der Waals surface area contributed by atoms with Crippen molar-refractivity contribution in [2.45, 2.75) is 72.0 Å². The van der Waals surface area contributed by atoms with Crippen LogP contribution in [0.4, 0.5) is 0 Å². The van der Waals surface area contributed by atoms with Gasteiger partial charge in [-0.1, -0.05) is 47.1 Å². The first-order valence-corrected chi connectivity index (χ1v) is 12.7. The zero-order valence-corrected chi connectivity index (χ0v) is 20.0. The van der Waals surface area contributed by atoms with Crippen LogP contribution in [0.5, 0.6) is 0 Å². The number of nitrogens with one attached hydrogen (secondary N) is 1. The zero-order chi connectivity index (χ0) is 21.8. The monoisotopic (exact) mass is 421 g/mol. The SMILES string of the molecule is CNC(=O)C1=CC([C@]2(C)CC[C@H]3C(C)(C)CCC[C@]3(C)[C@H]2C)C([S+](C)[O-])C=C1O. The number of carbonyl (C=O) groups is 1. The summed E-state index contributed by atoms with van der Waals surface area (Å²) in [5.41, 5.74) is 0.831. The summed E-state index contributed by atoms with van der Waals surface area (Å²) in [7, 11) is 1.58. The van der Waals surface area contributed by atoms with E-state index in [1.165, 1.54) is 25.7 Å². The fourth-order valence-corrected chi connectivity index (χ4v) is 8.31. The molecule has 2 fully saturated rings. The summed E-state index contributed by atoms with van der Waals surface area (Å²) in [5, 5.41) is 12.8. The zero-order valence-electron chi connectivity index (χ0n) is 19.2. The molecule has 5 heteroatoms. The van der Waals surface area contributed by atoms with E-state index >= 15 is 0 Å². The summed E-state index contributed by atoms with van der Waals surface area (Å²) < 4.78 is 12.7. The highest BCUT2D eigenvalue weighted by Gasteiger charge is 2.60. The molecule has 3 rings (SSSR count). The van der Waals surface area contributed by atoms with Gasteiger partial charge in [-0.15, -0.1) is 0 Å². The molecule has 0 saturated heterocycles. The van der Waals surface area contributed by atoms with Crippen molar-refractivity contribution in [3.05, 3.63) is 23.5 Å². The van der Waals surface area contributed by atoms with Gasteiger partial charge in [0.25, 0.3) is 5.91 Å². The average Bonchev–Trinajstić information content (AvgIpc) is 2.64. The molecular formula is C24H39NO3S. The highest BCUT2D eigenvalue weighted by molar-refractivity contribution is 7.91. The van der Waals surface area contributed by atoms with E-state index in [1.807, 2.05) is 6.08 Å². The van der Waals surface area contributed by atoms with Crippen molar-refractivity contribution < 1.29 is 14.5 Å². The number of aliphatic hydroxyl groups is 1. The third-order valence-electron chi connectivity index (χ3n) is 9.14. The van der Waals surface area contributed by atoms with Gasteiger partial charge in [-0.3, -0.25) is 4.79 Å². The van der Waals surface area contributed by atoms with Gasteiger partial charge in [-0.05, 0) is 64.9 Å². The second-order valence-electron chi connectivity index (χ2n) is 10.9. The van der Waals surface area contributed by atoms with Gasteiger partial charge in [0.1, 0.15) is 11.0 Å². The molecule has 1 amide bonds. The van der Waals surface area contributed by atoms with Gasteiger partial charge in [-0.25, -0.2) is 0 Å². The van der Waals surface area contributed by atoms with Crippen molar-refractivity contribution in [3.8, 4) is 0 Å². The number of hydrogen-bond donors (Lipinski definition) is 2. The van der Waals surface area contributed by atoms with Gasteiger partial charge < -0.3 is 15.0 Å². The fraction of sp³-hybridized carbons (Fsp3) is 0.792. The Morgan fingerprint density at radius 3 is 2.41 bits per heavy atom. The first-order chi connectivity index (χ1) is 13.4. The summed E-state index contributed by atoms with van der Waals surface area (Å²) in [5.74, 6) is 0.761. The Kier molecular flexibility index (Phi) is 5.99. The van der Waals surface area contributed by atoms with Gasteiger partial charge >= 0.3 is 0 Å². The summed E-state index contributed by atoms with van der Waals surface area (Å²) in [6.07, 6.45) is 11.3. The standard InChI is InChI=1S/C24H39NO3S/c1-15-23(4,12-9-20-22(2,3)10-8-11-24(15,20)5)17-13-16(21(27)25-6)18(26)14-19(17)29(7)28/h13-15,17,19-20,26H,8-12H2,1-7H3,(H,25,27)/t15-,17?,19?,20-,23+,24+,29?/m0/s1. The van der Waals surface area contributed by atoms with E-state index in [2.05, 4.69) is 39.9 Å². The van der Waals surface area contributed by atoms with E-state index in [9.17, 15) is 14.5 Å². The Bertz CT molecular complexity index is 728. The van der Waals surface area contributed by atoms with E-state index < -0.39 is 11.2 Å². The average molecular weight is 422 g/mol. The van der Waals surface area contributed by atoms with Crippen LogP contribution in [0.25, 0.3) is 0 Å². The first kappa shape index (κ1) is 22.7. The van der Waals surface area contributed by atoms with Gasteiger partial charge in [0.05, 0.1) is 11.8 Å². The number of hydrogen-bond acceptors (Lipinski definition) is 3. The highest BCUT2D eigenvalue weighted by atomic mass is 32.2. The lowest BCUT2D eigenvalue weighted by molar-refractivity contribution is -0.133. The van der Waals surface area contributed by atoms with E-state index in [0.29, 0.717) is 22.8 Å². The molecule has 2 N–H and O–H groups in total. The molecule has 2 saturated carbocycles. The second-order valence-corrected chi connectivity index (χ2v) is 12.4. The molecule has 0 aromatic heterocycles. The number of aliphatic hydroxyl groups excluding tert-OH is 1. The van der Waals surface area contributed by atoms with Crippen LogP contribution >= 0.6 is 0 Å². The van der Waals surface area contributed by atoms with Crippen LogP contribution in [0, 0.1) is 34.0 Å². The molecule has 0 aliphatic heterocycles. The number of allylic oxidation sites excluding steroid dienone is 1. The molecule has 3 aliphatic carbocycles. The number of amides is 1. The summed E-state index contributed by atoms with van der Waals surface area (Å²) in [6.45, 7) is 12.0. The van der Waals surface area contributed by atoms with Crippen LogP contribution in [0.15, 0.2) is 23.5 Å². The van der Waals surface area contributed by atoms with Crippen LogP contribution in [0.2, 0.25) is 0 Å². The third kappa shape index (κ3) is 3.56. The lowest BCUT2D eigenvalue weighted by Gasteiger charge is -2.63. The largest absolute Gasteiger partial charge is 0.616 e. The Hall–Kier alpha value is -0.940. The van der Waals surface area contributed by atoms with Gasteiger partial charge in [0.15, 0.2) is 0 Å². The number of rotatable bonds is 3. The highest BCUT2D eigenvalue weighted by Crippen LogP contribution is 2.66. The maximum atomic E-state index is 12.7. The molecule has 0 bridgehead atoms. The molecule has 0 aromatic rings. The van der Waals surface area contributed by atoms with Gasteiger partial charge in [0.2, 0.25) is 0 Å². The van der Waals surface area contributed by atoms with E-state index in [-0.39, 0.29) is 33.7 Å². The number of fused-ring (bicyclic) bond motifs is 1.